The Hall–Kier alpha value is -2.93. The van der Waals surface area contributed by atoms with E-state index in [1.165, 1.54) is 0 Å². The molecular formula is C21H24N4O3. The summed E-state index contributed by atoms with van der Waals surface area (Å²) in [5, 5.41) is 2.90. The van der Waals surface area contributed by atoms with E-state index in [-0.39, 0.29) is 24.2 Å². The lowest BCUT2D eigenvalue weighted by Gasteiger charge is -2.32. The van der Waals surface area contributed by atoms with Crippen molar-refractivity contribution in [1.29, 1.82) is 0 Å². The first-order valence-corrected chi connectivity index (χ1v) is 9.62. The third-order valence-corrected chi connectivity index (χ3v) is 5.19. The molecule has 1 aromatic carbocycles. The summed E-state index contributed by atoms with van der Waals surface area (Å²) in [6.07, 6.45) is 1.93. The minimum atomic E-state index is -0.353. The van der Waals surface area contributed by atoms with Crippen molar-refractivity contribution in [3.8, 4) is 0 Å². The van der Waals surface area contributed by atoms with E-state index >= 15 is 0 Å². The summed E-state index contributed by atoms with van der Waals surface area (Å²) in [7, 11) is 0. The lowest BCUT2D eigenvalue weighted by Crippen LogP contribution is -2.38. The van der Waals surface area contributed by atoms with Gasteiger partial charge < -0.3 is 19.9 Å². The molecule has 146 valence electrons. The molecule has 7 nitrogen and oxygen atoms in total. The van der Waals surface area contributed by atoms with Gasteiger partial charge in [0.25, 0.3) is 0 Å². The van der Waals surface area contributed by atoms with Crippen molar-refractivity contribution in [3.05, 3.63) is 54.4 Å². The fourth-order valence-electron chi connectivity index (χ4n) is 3.70. The van der Waals surface area contributed by atoms with Crippen LogP contribution in [0, 0.1) is 5.92 Å². The van der Waals surface area contributed by atoms with Crippen LogP contribution in [0.4, 0.5) is 11.4 Å². The molecule has 28 heavy (non-hydrogen) atoms. The van der Waals surface area contributed by atoms with E-state index in [4.69, 9.17) is 4.74 Å². The highest BCUT2D eigenvalue weighted by Gasteiger charge is 2.36. The molecule has 0 spiro atoms. The van der Waals surface area contributed by atoms with Gasteiger partial charge in [-0.1, -0.05) is 18.2 Å². The fraction of sp³-hybridized carbons (Fsp3) is 0.381. The lowest BCUT2D eigenvalue weighted by molar-refractivity contribution is -0.126. The first-order chi connectivity index (χ1) is 13.7. The van der Waals surface area contributed by atoms with Crippen LogP contribution in [-0.2, 0) is 20.9 Å². The molecule has 4 rings (SSSR count). The third kappa shape index (κ3) is 3.99. The fourth-order valence-corrected chi connectivity index (χ4v) is 3.70. The molecule has 1 unspecified atom stereocenters. The number of para-hydroxylation sites is 2. The summed E-state index contributed by atoms with van der Waals surface area (Å²) in [6, 6.07) is 13.5. The number of aromatic nitrogens is 1. The van der Waals surface area contributed by atoms with Crippen molar-refractivity contribution >= 4 is 23.2 Å². The van der Waals surface area contributed by atoms with Gasteiger partial charge in [0.05, 0.1) is 42.7 Å². The molecular weight excluding hydrogens is 356 g/mol. The summed E-state index contributed by atoms with van der Waals surface area (Å²) in [5.74, 6) is -0.474. The molecule has 1 N–H and O–H groups in total. The zero-order valence-corrected chi connectivity index (χ0v) is 15.7. The van der Waals surface area contributed by atoms with E-state index in [0.29, 0.717) is 26.3 Å². The molecule has 0 bridgehead atoms. The minimum absolute atomic E-state index is 0.0151. The van der Waals surface area contributed by atoms with E-state index in [1.807, 2.05) is 42.5 Å². The van der Waals surface area contributed by atoms with Gasteiger partial charge >= 0.3 is 0 Å². The zero-order valence-electron chi connectivity index (χ0n) is 15.7. The van der Waals surface area contributed by atoms with E-state index < -0.39 is 0 Å². The molecule has 0 saturated carbocycles. The van der Waals surface area contributed by atoms with Gasteiger partial charge in [-0.25, -0.2) is 0 Å². The number of nitrogens with one attached hydrogen (secondary N) is 1. The molecule has 7 heteroatoms. The number of carbonyl (C=O) groups is 2. The predicted octanol–water partition coefficient (Wildman–Crippen LogP) is 1.59. The number of rotatable bonds is 5. The molecule has 1 aromatic heterocycles. The quantitative estimate of drug-likeness (QED) is 0.853. The van der Waals surface area contributed by atoms with Crippen LogP contribution >= 0.6 is 0 Å². The largest absolute Gasteiger partial charge is 0.378 e. The number of carbonyl (C=O) groups excluding carboxylic acids is 2. The number of pyridine rings is 1. The third-order valence-electron chi connectivity index (χ3n) is 5.19. The van der Waals surface area contributed by atoms with Crippen LogP contribution in [0.5, 0.6) is 0 Å². The average Bonchev–Trinajstić information content (AvgIpc) is 3.15. The number of hydrogen-bond acceptors (Lipinski definition) is 5. The number of anilines is 2. The van der Waals surface area contributed by atoms with Crippen molar-refractivity contribution in [3.63, 3.8) is 0 Å². The molecule has 1 atom stereocenters. The standard InChI is InChI=1S/C21H24N4O3/c26-20-13-16(21(27)23-14-17-5-3-4-8-22-17)15-25(20)19-7-2-1-6-18(19)24-9-11-28-12-10-24/h1-8,16H,9-15H2,(H,23,27). The summed E-state index contributed by atoms with van der Waals surface area (Å²) >= 11 is 0. The van der Waals surface area contributed by atoms with Gasteiger partial charge in [0.2, 0.25) is 11.8 Å². The van der Waals surface area contributed by atoms with Crippen molar-refractivity contribution in [2.45, 2.75) is 13.0 Å². The Kier molecular flexibility index (Phi) is 5.53. The van der Waals surface area contributed by atoms with Crippen molar-refractivity contribution in [1.82, 2.24) is 10.3 Å². The highest BCUT2D eigenvalue weighted by molar-refractivity contribution is 6.02. The van der Waals surface area contributed by atoms with Gasteiger partial charge in [-0.3, -0.25) is 14.6 Å². The lowest BCUT2D eigenvalue weighted by atomic mass is 10.1. The molecule has 3 heterocycles. The van der Waals surface area contributed by atoms with Gasteiger partial charge in [-0.05, 0) is 24.3 Å². The maximum absolute atomic E-state index is 12.7. The van der Waals surface area contributed by atoms with Gasteiger partial charge in [0.1, 0.15) is 0 Å². The number of nitrogens with zero attached hydrogens (tertiary/aromatic N) is 3. The van der Waals surface area contributed by atoms with Crippen LogP contribution in [0.1, 0.15) is 12.1 Å². The van der Waals surface area contributed by atoms with Crippen LogP contribution in [0.2, 0.25) is 0 Å². The number of amides is 2. The second-order valence-corrected chi connectivity index (χ2v) is 7.03. The minimum Gasteiger partial charge on any atom is -0.378 e. The van der Waals surface area contributed by atoms with Crippen LogP contribution < -0.4 is 15.1 Å². The summed E-state index contributed by atoms with van der Waals surface area (Å²) < 4.78 is 5.44. The highest BCUT2D eigenvalue weighted by atomic mass is 16.5. The first kappa shape index (κ1) is 18.4. The predicted molar refractivity (Wildman–Crippen MR) is 106 cm³/mol. The van der Waals surface area contributed by atoms with E-state index in [1.54, 1.807) is 11.1 Å². The maximum Gasteiger partial charge on any atom is 0.227 e. The van der Waals surface area contributed by atoms with Gasteiger partial charge in [-0.15, -0.1) is 0 Å². The zero-order chi connectivity index (χ0) is 19.3. The Bertz CT molecular complexity index is 837. The van der Waals surface area contributed by atoms with Crippen molar-refractivity contribution in [2.75, 3.05) is 42.6 Å². The van der Waals surface area contributed by atoms with Crippen LogP contribution in [0.3, 0.4) is 0 Å². The summed E-state index contributed by atoms with van der Waals surface area (Å²) in [5.41, 5.74) is 2.69. The Morgan fingerprint density at radius 2 is 1.86 bits per heavy atom. The summed E-state index contributed by atoms with van der Waals surface area (Å²) in [4.78, 5) is 33.5. The molecule has 0 radical (unpaired) electrons. The second-order valence-electron chi connectivity index (χ2n) is 7.03. The van der Waals surface area contributed by atoms with Crippen molar-refractivity contribution in [2.24, 2.45) is 5.92 Å². The number of benzene rings is 1. The number of morpholine rings is 1. The smallest absolute Gasteiger partial charge is 0.227 e. The number of ether oxygens (including phenoxy) is 1. The normalized spacial score (nSPS) is 19.7. The monoisotopic (exact) mass is 380 g/mol. The molecule has 2 aromatic rings. The molecule has 2 aliphatic heterocycles. The average molecular weight is 380 g/mol. The highest BCUT2D eigenvalue weighted by Crippen LogP contribution is 2.34. The van der Waals surface area contributed by atoms with E-state index in [9.17, 15) is 9.59 Å². The molecule has 2 amide bonds. The van der Waals surface area contributed by atoms with Gasteiger partial charge in [-0.2, -0.15) is 0 Å². The van der Waals surface area contributed by atoms with Gasteiger partial charge in [0, 0.05) is 32.3 Å². The topological polar surface area (TPSA) is 74.8 Å². The maximum atomic E-state index is 12.7. The van der Waals surface area contributed by atoms with Gasteiger partial charge in [0.15, 0.2) is 0 Å². The first-order valence-electron chi connectivity index (χ1n) is 9.62. The molecule has 0 aliphatic carbocycles. The number of hydrogen-bond donors (Lipinski definition) is 1. The molecule has 2 aliphatic rings. The van der Waals surface area contributed by atoms with Crippen LogP contribution in [0.25, 0.3) is 0 Å². The Labute approximate surface area is 164 Å². The van der Waals surface area contributed by atoms with Crippen molar-refractivity contribution < 1.29 is 14.3 Å². The van der Waals surface area contributed by atoms with E-state index in [2.05, 4.69) is 15.2 Å². The Morgan fingerprint density at radius 3 is 2.61 bits per heavy atom. The Morgan fingerprint density at radius 1 is 1.11 bits per heavy atom. The SMILES string of the molecule is O=C(NCc1ccccn1)C1CC(=O)N(c2ccccc2N2CCOCC2)C1. The van der Waals surface area contributed by atoms with Crippen LogP contribution in [0.15, 0.2) is 48.7 Å². The summed E-state index contributed by atoms with van der Waals surface area (Å²) in [6.45, 7) is 3.73. The molecule has 2 fully saturated rings. The molecule has 2 saturated heterocycles. The van der Waals surface area contributed by atoms with E-state index in [0.717, 1.165) is 30.2 Å². The Balaban J connectivity index is 1.44. The second kappa shape index (κ2) is 8.39. The van der Waals surface area contributed by atoms with Crippen LogP contribution in [-0.4, -0.2) is 49.6 Å².